The lowest BCUT2D eigenvalue weighted by Gasteiger charge is -2.47. The second-order valence-corrected chi connectivity index (χ2v) is 39.7. The van der Waals surface area contributed by atoms with E-state index in [-0.39, 0.29) is 34.8 Å². The van der Waals surface area contributed by atoms with Gasteiger partial charge in [-0.2, -0.15) is 0 Å². The number of anilines is 6. The van der Waals surface area contributed by atoms with Gasteiger partial charge in [-0.05, 0) is 212 Å². The molecule has 0 unspecified atom stereocenters. The minimum Gasteiger partial charge on any atom is -0.455 e. The van der Waals surface area contributed by atoms with E-state index >= 15 is 0 Å². The predicted octanol–water partition coefficient (Wildman–Crippen LogP) is 32.7. The van der Waals surface area contributed by atoms with E-state index in [0.717, 1.165) is 156 Å². The number of benzene rings is 15. The maximum atomic E-state index is 7.77. The third kappa shape index (κ3) is 13.8. The molecule has 610 valence electrons. The van der Waals surface area contributed by atoms with Crippen LogP contribution in [-0.4, -0.2) is 6.71 Å². The fraction of sp³-hybridized carbons (Fsp3) is 0.237. The summed E-state index contributed by atoms with van der Waals surface area (Å²) in [7, 11) is 0. The zero-order valence-corrected chi connectivity index (χ0v) is 75.4. The summed E-state index contributed by atoms with van der Waals surface area (Å²) >= 11 is 0. The first-order valence-corrected chi connectivity index (χ1v) is 44.9. The van der Waals surface area contributed by atoms with Crippen LogP contribution in [0.5, 0.6) is 0 Å². The lowest BCUT2D eigenvalue weighted by atomic mass is 9.33. The van der Waals surface area contributed by atoms with Crippen molar-refractivity contribution in [2.75, 3.05) is 9.80 Å². The smallest absolute Gasteiger partial charge is 0.252 e. The maximum absolute atomic E-state index is 7.77. The molecule has 0 amide bonds. The van der Waals surface area contributed by atoms with Gasteiger partial charge in [0.05, 0.1) is 11.4 Å². The summed E-state index contributed by atoms with van der Waals surface area (Å²) in [5.41, 5.74) is 43.1. The molecule has 17 aromatic rings. The molecular formula is C118H113BN2O2. The molecular weight excluding hydrogens is 1490 g/mol. The number of para-hydroxylation sites is 4. The molecule has 0 atom stereocenters. The second kappa shape index (κ2) is 30.6. The molecule has 0 N–H and O–H groups in total. The van der Waals surface area contributed by atoms with Gasteiger partial charge < -0.3 is 18.6 Å². The van der Waals surface area contributed by atoms with Crippen LogP contribution in [0, 0.1) is 6.92 Å². The van der Waals surface area contributed by atoms with Crippen molar-refractivity contribution in [1.82, 2.24) is 0 Å². The Labute approximate surface area is 729 Å². The summed E-state index contributed by atoms with van der Waals surface area (Å²) in [6, 6.07) is 112. The lowest BCUT2D eigenvalue weighted by molar-refractivity contribution is 0.590. The van der Waals surface area contributed by atoms with Crippen molar-refractivity contribution in [2.45, 2.75) is 184 Å². The molecule has 2 aliphatic heterocycles. The third-order valence-corrected chi connectivity index (χ3v) is 26.7. The van der Waals surface area contributed by atoms with Crippen LogP contribution in [0.25, 0.3) is 133 Å². The van der Waals surface area contributed by atoms with Crippen molar-refractivity contribution >= 4 is 101 Å². The van der Waals surface area contributed by atoms with Crippen LogP contribution in [0.1, 0.15) is 211 Å². The summed E-state index contributed by atoms with van der Waals surface area (Å²) in [5.74, 6) is 1.63. The molecule has 0 fully saturated rings. The number of rotatable bonds is 15. The maximum Gasteiger partial charge on any atom is 0.252 e. The Morgan fingerprint density at radius 1 is 0.260 bits per heavy atom. The molecule has 0 aliphatic carbocycles. The molecule has 123 heavy (non-hydrogen) atoms. The summed E-state index contributed by atoms with van der Waals surface area (Å²) in [6.45, 7) is 46.6. The highest BCUT2D eigenvalue weighted by Crippen LogP contribution is 2.57. The monoisotopic (exact) mass is 1600 g/mol. The van der Waals surface area contributed by atoms with Gasteiger partial charge in [-0.25, -0.2) is 0 Å². The van der Waals surface area contributed by atoms with Crippen molar-refractivity contribution in [3.8, 4) is 89.0 Å². The molecule has 15 aromatic carbocycles. The first kappa shape index (κ1) is 80.3. The average Bonchev–Trinajstić information content (AvgIpc) is 1.16. The van der Waals surface area contributed by atoms with Crippen LogP contribution in [0.3, 0.4) is 0 Å². The molecule has 2 aromatic heterocycles. The lowest BCUT2D eigenvalue weighted by Crippen LogP contribution is -2.61. The minimum absolute atomic E-state index is 0.219. The Hall–Kier alpha value is -12.4. The van der Waals surface area contributed by atoms with Crippen LogP contribution < -0.4 is 26.2 Å². The predicted molar refractivity (Wildman–Crippen MR) is 530 cm³/mol. The van der Waals surface area contributed by atoms with Crippen LogP contribution >= 0.6 is 0 Å². The first-order valence-electron chi connectivity index (χ1n) is 44.9. The second-order valence-electron chi connectivity index (χ2n) is 39.7. The summed E-state index contributed by atoms with van der Waals surface area (Å²) < 4.78 is 15.5. The topological polar surface area (TPSA) is 32.8 Å². The Balaban J connectivity index is 0.965. The number of hydrogen-bond donors (Lipinski definition) is 0. The number of furan rings is 2. The average molecular weight is 1600 g/mol. The van der Waals surface area contributed by atoms with Crippen molar-refractivity contribution in [2.24, 2.45) is 0 Å². The summed E-state index contributed by atoms with van der Waals surface area (Å²) in [6.07, 6.45) is 0. The van der Waals surface area contributed by atoms with Gasteiger partial charge in [0.25, 0.3) is 6.71 Å². The summed E-state index contributed by atoms with van der Waals surface area (Å²) in [4.78, 5) is 5.44. The fourth-order valence-corrected chi connectivity index (χ4v) is 20.0. The first-order chi connectivity index (χ1) is 59.0. The normalized spacial score (nSPS) is 13.0. The van der Waals surface area contributed by atoms with Gasteiger partial charge in [-0.1, -0.05) is 374 Å². The number of nitrogens with zero attached hydrogens (tertiary/aromatic N) is 2. The van der Waals surface area contributed by atoms with Crippen LogP contribution in [0.2, 0.25) is 0 Å². The van der Waals surface area contributed by atoms with E-state index in [2.05, 4.69) is 439 Å². The van der Waals surface area contributed by atoms with Crippen molar-refractivity contribution in [3.05, 3.63) is 341 Å². The number of aryl methyl sites for hydroxylation is 1. The van der Waals surface area contributed by atoms with Crippen molar-refractivity contribution < 1.29 is 8.83 Å². The molecule has 0 spiro atoms. The van der Waals surface area contributed by atoms with E-state index in [1.165, 1.54) is 77.6 Å². The van der Waals surface area contributed by atoms with E-state index in [4.69, 9.17) is 8.83 Å². The molecule has 0 saturated heterocycles. The molecule has 2 aliphatic rings. The van der Waals surface area contributed by atoms with Gasteiger partial charge in [0, 0.05) is 88.8 Å². The summed E-state index contributed by atoms with van der Waals surface area (Å²) in [5, 5.41) is 4.40. The van der Waals surface area contributed by atoms with Gasteiger partial charge in [-0.3, -0.25) is 0 Å². The van der Waals surface area contributed by atoms with E-state index in [1.807, 2.05) is 0 Å². The van der Waals surface area contributed by atoms with E-state index in [9.17, 15) is 0 Å². The zero-order valence-electron chi connectivity index (χ0n) is 75.4. The van der Waals surface area contributed by atoms with E-state index in [1.54, 1.807) is 0 Å². The number of fused-ring (bicyclic) bond motifs is 10. The van der Waals surface area contributed by atoms with Gasteiger partial charge >= 0.3 is 0 Å². The Morgan fingerprint density at radius 2 is 0.561 bits per heavy atom. The van der Waals surface area contributed by atoms with Gasteiger partial charge in [-0.15, -0.1) is 0 Å². The van der Waals surface area contributed by atoms with Gasteiger partial charge in [0.15, 0.2) is 0 Å². The number of hydrogen-bond acceptors (Lipinski definition) is 4. The van der Waals surface area contributed by atoms with Gasteiger partial charge in [0.2, 0.25) is 0 Å². The highest BCUT2D eigenvalue weighted by Gasteiger charge is 2.47. The molecule has 19 rings (SSSR count). The zero-order chi connectivity index (χ0) is 85.7. The molecule has 0 radical (unpaired) electrons. The third-order valence-electron chi connectivity index (χ3n) is 26.7. The van der Waals surface area contributed by atoms with E-state index < -0.39 is 0 Å². The van der Waals surface area contributed by atoms with Crippen molar-refractivity contribution in [3.63, 3.8) is 0 Å². The highest BCUT2D eigenvalue weighted by molar-refractivity contribution is 7.00. The molecule has 0 bridgehead atoms. The SMILES string of the molecule is Cc1cc(C(C)C)cc(C(C)C)c1-c1cccc2c1oc1c(-c3ccc4c(c3)B3c5cc(-c6cccc7c6oc6c(-c8c(C(C)C)cc(C(C)C)cc8C(C)C)cccc67)ccc5N(c5c(-c6ccccc6)cc(C(C)(C)C)cc5-c5ccccc5)c5cc(C(C)(C)C)cc(c53)N4c3c(-c4ccccc4)cc(C(C)(C)C)cc3-c3ccccc3)cccc12. The standard InChI is InChI=1S/C118H113BN2O2/c1-69(2)81-57-74(11)107(94(58-81)71(5)6)92-51-35-49-90-88-47-33-45-86(112(88)122-114(90)92)79-53-55-103-101(61-79)119-102-62-80(87-46-34-48-89-91-50-36-52-93(115(91)123-113(87)89)108-95(72(7)8)59-82(70(3)4)60-96(108)73(9)10)54-56-104(102)121(111-99(77-41-29-23-30-42-77)65-84(117(15,16)17)66-100(111)78-43-31-24-32-44-78)106-68-85(118(18,19)20)67-105(109(106)119)120(103)110-97(75-37-25-21-26-38-75)63-83(116(12,13)14)64-98(110)76-39-27-22-28-40-76/h21-73H,1-20H3. The Morgan fingerprint density at radius 3 is 0.886 bits per heavy atom. The molecule has 4 nitrogen and oxygen atoms in total. The van der Waals surface area contributed by atoms with Crippen LogP contribution in [0.15, 0.2) is 300 Å². The van der Waals surface area contributed by atoms with Gasteiger partial charge in [0.1, 0.15) is 22.3 Å². The van der Waals surface area contributed by atoms with Crippen LogP contribution in [0.4, 0.5) is 34.1 Å². The molecule has 4 heterocycles. The van der Waals surface area contributed by atoms with E-state index in [0.29, 0.717) is 17.8 Å². The largest absolute Gasteiger partial charge is 0.455 e. The Kier molecular flexibility index (Phi) is 20.0. The fourth-order valence-electron chi connectivity index (χ4n) is 20.0. The highest BCUT2D eigenvalue weighted by atomic mass is 16.3. The van der Waals surface area contributed by atoms with Crippen molar-refractivity contribution in [1.29, 1.82) is 0 Å². The quantitative estimate of drug-likeness (QED) is 0.0958. The Bertz CT molecular complexity index is 6700. The minimum atomic E-state index is -0.364. The molecule has 0 saturated carbocycles. The molecule has 5 heteroatoms. The van der Waals surface area contributed by atoms with Crippen LogP contribution in [-0.2, 0) is 16.2 Å².